The zero-order chi connectivity index (χ0) is 13.1. The van der Waals surface area contributed by atoms with Crippen LogP contribution >= 0.6 is 11.8 Å². The van der Waals surface area contributed by atoms with Crippen molar-refractivity contribution in [1.29, 1.82) is 5.41 Å². The molecule has 2 atom stereocenters. The van der Waals surface area contributed by atoms with Gasteiger partial charge in [-0.1, -0.05) is 13.8 Å². The van der Waals surface area contributed by atoms with Crippen molar-refractivity contribution in [3.05, 3.63) is 0 Å². The third-order valence-electron chi connectivity index (χ3n) is 3.09. The third-order valence-corrected chi connectivity index (χ3v) is 6.39. The van der Waals surface area contributed by atoms with Gasteiger partial charge in [-0.2, -0.15) is 11.8 Å². The summed E-state index contributed by atoms with van der Waals surface area (Å²) in [5.74, 6) is 1.69. The molecule has 1 aliphatic rings. The lowest BCUT2D eigenvalue weighted by atomic mass is 10.1. The highest BCUT2D eigenvalue weighted by Crippen LogP contribution is 2.24. The van der Waals surface area contributed by atoms with Gasteiger partial charge in [-0.15, -0.1) is 0 Å². The van der Waals surface area contributed by atoms with E-state index >= 15 is 0 Å². The van der Waals surface area contributed by atoms with E-state index in [-0.39, 0.29) is 17.6 Å². The minimum atomic E-state index is -3.11. The molecule has 1 fully saturated rings. The van der Waals surface area contributed by atoms with Gasteiger partial charge in [-0.25, -0.2) is 8.42 Å². The molecule has 17 heavy (non-hydrogen) atoms. The Balaban J connectivity index is 2.97. The van der Waals surface area contributed by atoms with Crippen LogP contribution in [0.2, 0.25) is 0 Å². The molecule has 1 saturated heterocycles. The molecule has 0 bridgehead atoms. The van der Waals surface area contributed by atoms with E-state index in [1.54, 1.807) is 18.7 Å². The fourth-order valence-corrected chi connectivity index (χ4v) is 5.15. The van der Waals surface area contributed by atoms with Crippen LogP contribution in [-0.4, -0.2) is 54.4 Å². The lowest BCUT2D eigenvalue weighted by Gasteiger charge is -2.39. The van der Waals surface area contributed by atoms with Gasteiger partial charge >= 0.3 is 0 Å². The minimum Gasteiger partial charge on any atom is -0.386 e. The highest BCUT2D eigenvalue weighted by molar-refractivity contribution is 8.01. The standard InChI is InChI=1S/C10H21N3O2S2/c1-3-8(10(11)12)13-5-6-16-7-9(13)17(14,15)4-2/h8-9H,3-7H2,1-2H3,(H3,11,12). The average molecular weight is 279 g/mol. The van der Waals surface area contributed by atoms with E-state index in [1.807, 2.05) is 11.8 Å². The van der Waals surface area contributed by atoms with E-state index in [2.05, 4.69) is 0 Å². The molecule has 0 spiro atoms. The van der Waals surface area contributed by atoms with Crippen LogP contribution in [0.4, 0.5) is 0 Å². The van der Waals surface area contributed by atoms with E-state index in [0.29, 0.717) is 18.7 Å². The molecule has 0 aromatic carbocycles. The van der Waals surface area contributed by atoms with Crippen LogP contribution in [0, 0.1) is 5.41 Å². The number of nitrogens with zero attached hydrogens (tertiary/aromatic N) is 1. The molecule has 0 aromatic heterocycles. The molecule has 5 nitrogen and oxygen atoms in total. The number of sulfone groups is 1. The lowest BCUT2D eigenvalue weighted by Crippen LogP contribution is -2.56. The molecule has 1 aliphatic heterocycles. The summed E-state index contributed by atoms with van der Waals surface area (Å²) in [5, 5.41) is 7.09. The molecular formula is C10H21N3O2S2. The number of nitrogens with two attached hydrogens (primary N) is 1. The van der Waals surface area contributed by atoms with Crippen LogP contribution in [-0.2, 0) is 9.84 Å². The molecule has 3 N–H and O–H groups in total. The van der Waals surface area contributed by atoms with E-state index in [9.17, 15) is 8.42 Å². The molecule has 0 aliphatic carbocycles. The predicted octanol–water partition coefficient (Wildman–Crippen LogP) is 0.511. The van der Waals surface area contributed by atoms with Gasteiger partial charge in [0, 0.05) is 23.8 Å². The Labute approximate surface area is 108 Å². The topological polar surface area (TPSA) is 87.2 Å². The summed E-state index contributed by atoms with van der Waals surface area (Å²) in [4.78, 5) is 1.89. The van der Waals surface area contributed by atoms with Crippen molar-refractivity contribution in [2.75, 3.05) is 23.8 Å². The second-order valence-electron chi connectivity index (χ2n) is 4.10. The smallest absolute Gasteiger partial charge is 0.166 e. The zero-order valence-electron chi connectivity index (χ0n) is 10.3. The molecule has 1 heterocycles. The van der Waals surface area contributed by atoms with Crippen LogP contribution < -0.4 is 5.73 Å². The van der Waals surface area contributed by atoms with Crippen LogP contribution in [0.3, 0.4) is 0 Å². The SMILES string of the molecule is CCC(C(=N)N)N1CCSCC1S(=O)(=O)CC. The van der Waals surface area contributed by atoms with Gasteiger partial charge in [-0.3, -0.25) is 10.3 Å². The molecule has 0 amide bonds. The first-order valence-electron chi connectivity index (χ1n) is 5.83. The number of amidine groups is 1. The summed E-state index contributed by atoms with van der Waals surface area (Å²) >= 11 is 1.66. The van der Waals surface area contributed by atoms with Crippen molar-refractivity contribution in [2.24, 2.45) is 5.73 Å². The quantitative estimate of drug-likeness (QED) is 0.565. The van der Waals surface area contributed by atoms with Crippen molar-refractivity contribution < 1.29 is 8.42 Å². The lowest BCUT2D eigenvalue weighted by molar-refractivity contribution is 0.231. The number of hydrogen-bond donors (Lipinski definition) is 2. The maximum absolute atomic E-state index is 12.0. The second kappa shape index (κ2) is 6.06. The fourth-order valence-electron chi connectivity index (χ4n) is 2.09. The van der Waals surface area contributed by atoms with Gasteiger partial charge in [0.15, 0.2) is 9.84 Å². The molecule has 0 saturated carbocycles. The van der Waals surface area contributed by atoms with Gasteiger partial charge in [0.05, 0.1) is 6.04 Å². The van der Waals surface area contributed by atoms with Crippen LogP contribution in [0.1, 0.15) is 20.3 Å². The monoisotopic (exact) mass is 279 g/mol. The van der Waals surface area contributed by atoms with Crippen molar-refractivity contribution in [2.45, 2.75) is 31.7 Å². The minimum absolute atomic E-state index is 0.0655. The highest BCUT2D eigenvalue weighted by atomic mass is 32.2. The molecular weight excluding hydrogens is 258 g/mol. The summed E-state index contributed by atoms with van der Waals surface area (Å²) in [6.07, 6.45) is 0.676. The van der Waals surface area contributed by atoms with Crippen molar-refractivity contribution >= 4 is 27.4 Å². The van der Waals surface area contributed by atoms with Gasteiger partial charge in [0.2, 0.25) is 0 Å². The maximum Gasteiger partial charge on any atom is 0.166 e. The Bertz CT molecular complexity index is 370. The fraction of sp³-hybridized carbons (Fsp3) is 0.900. The van der Waals surface area contributed by atoms with Gasteiger partial charge < -0.3 is 5.73 Å². The highest BCUT2D eigenvalue weighted by Gasteiger charge is 2.37. The first-order valence-corrected chi connectivity index (χ1v) is 8.70. The Morgan fingerprint density at radius 2 is 2.24 bits per heavy atom. The first kappa shape index (κ1) is 14.8. The van der Waals surface area contributed by atoms with Crippen LogP contribution in [0.5, 0.6) is 0 Å². The van der Waals surface area contributed by atoms with E-state index in [4.69, 9.17) is 11.1 Å². The Morgan fingerprint density at radius 1 is 1.59 bits per heavy atom. The Morgan fingerprint density at radius 3 is 2.71 bits per heavy atom. The summed E-state index contributed by atoms with van der Waals surface area (Å²) in [6, 6.07) is -0.248. The molecule has 0 radical (unpaired) electrons. The number of nitrogens with one attached hydrogen (secondary N) is 1. The summed E-state index contributed by atoms with van der Waals surface area (Å²) in [6.45, 7) is 4.29. The maximum atomic E-state index is 12.0. The molecule has 100 valence electrons. The van der Waals surface area contributed by atoms with E-state index in [1.165, 1.54) is 0 Å². The molecule has 1 rings (SSSR count). The van der Waals surface area contributed by atoms with Crippen molar-refractivity contribution in [3.63, 3.8) is 0 Å². The zero-order valence-corrected chi connectivity index (χ0v) is 12.0. The number of rotatable bonds is 5. The second-order valence-corrected chi connectivity index (χ2v) is 7.70. The summed E-state index contributed by atoms with van der Waals surface area (Å²) in [5.41, 5.74) is 5.57. The normalized spacial score (nSPS) is 24.5. The first-order chi connectivity index (χ1) is 7.94. The molecule has 7 heteroatoms. The number of thioether (sulfide) groups is 1. The average Bonchev–Trinajstić information content (AvgIpc) is 2.30. The predicted molar refractivity (Wildman–Crippen MR) is 73.3 cm³/mol. The Hall–Kier alpha value is -0.270. The van der Waals surface area contributed by atoms with Gasteiger partial charge in [-0.05, 0) is 6.42 Å². The van der Waals surface area contributed by atoms with Crippen molar-refractivity contribution in [3.8, 4) is 0 Å². The van der Waals surface area contributed by atoms with Crippen LogP contribution in [0.15, 0.2) is 0 Å². The largest absolute Gasteiger partial charge is 0.386 e. The van der Waals surface area contributed by atoms with Crippen LogP contribution in [0.25, 0.3) is 0 Å². The van der Waals surface area contributed by atoms with Crippen molar-refractivity contribution in [1.82, 2.24) is 4.90 Å². The van der Waals surface area contributed by atoms with E-state index < -0.39 is 15.2 Å². The molecule has 2 unspecified atom stereocenters. The van der Waals surface area contributed by atoms with Gasteiger partial charge in [0.1, 0.15) is 11.2 Å². The summed E-state index contributed by atoms with van der Waals surface area (Å²) < 4.78 is 24.1. The summed E-state index contributed by atoms with van der Waals surface area (Å²) in [7, 11) is -3.11. The van der Waals surface area contributed by atoms with E-state index in [0.717, 1.165) is 5.75 Å². The third kappa shape index (κ3) is 3.35. The Kier molecular flexibility index (Phi) is 5.27. The number of hydrogen-bond acceptors (Lipinski definition) is 5. The van der Waals surface area contributed by atoms with Gasteiger partial charge in [0.25, 0.3) is 0 Å². The molecule has 0 aromatic rings.